The van der Waals surface area contributed by atoms with Gasteiger partial charge in [-0.25, -0.2) is 8.42 Å². The zero-order valence-electron chi connectivity index (χ0n) is 8.71. The quantitative estimate of drug-likeness (QED) is 0.486. The van der Waals surface area contributed by atoms with E-state index in [1.807, 2.05) is 0 Å². The summed E-state index contributed by atoms with van der Waals surface area (Å²) in [6, 6.07) is 0. The van der Waals surface area contributed by atoms with Crippen LogP contribution >= 0.6 is 0 Å². The third-order valence-electron chi connectivity index (χ3n) is 1.98. The lowest BCUT2D eigenvalue weighted by Crippen LogP contribution is -3.13. The van der Waals surface area contributed by atoms with E-state index in [9.17, 15) is 13.2 Å². The Balaban J connectivity index is 0.000000281. The van der Waals surface area contributed by atoms with Gasteiger partial charge in [-0.3, -0.25) is 0 Å². The molecule has 5 nitrogen and oxygen atoms in total. The Morgan fingerprint density at radius 2 is 1.69 bits per heavy atom. The summed E-state index contributed by atoms with van der Waals surface area (Å²) in [6.07, 6.45) is 0. The van der Waals surface area contributed by atoms with Crippen molar-refractivity contribution in [2.24, 2.45) is 0 Å². The third-order valence-corrected chi connectivity index (χ3v) is 2.55. The molecule has 16 heavy (non-hydrogen) atoms. The number of nitrogens with one attached hydrogen (secondary N) is 1. The van der Waals surface area contributed by atoms with Gasteiger partial charge >= 0.3 is 5.51 Å². The molecular formula is C7H14F3NO4S. The van der Waals surface area contributed by atoms with Crippen molar-refractivity contribution in [3.8, 4) is 0 Å². The molecule has 1 aliphatic heterocycles. The molecule has 9 heteroatoms. The topological polar surface area (TPSA) is 70.9 Å². The smallest absolute Gasteiger partial charge is 0.485 e. The van der Waals surface area contributed by atoms with Gasteiger partial charge in [-0.05, 0) is 6.92 Å². The molecule has 0 aliphatic carbocycles. The van der Waals surface area contributed by atoms with Crippen molar-refractivity contribution >= 4 is 10.1 Å². The van der Waals surface area contributed by atoms with E-state index >= 15 is 0 Å². The monoisotopic (exact) mass is 265 g/mol. The Morgan fingerprint density at radius 1 is 1.31 bits per heavy atom. The fourth-order valence-electron chi connectivity index (χ4n) is 1.01. The normalized spacial score (nSPS) is 18.8. The second-order valence-electron chi connectivity index (χ2n) is 3.12. The number of ether oxygens (including phenoxy) is 1. The van der Waals surface area contributed by atoms with Gasteiger partial charge in [0.1, 0.15) is 13.1 Å². The van der Waals surface area contributed by atoms with Gasteiger partial charge in [-0.15, -0.1) is 0 Å². The fraction of sp³-hybridized carbons (Fsp3) is 1.00. The highest BCUT2D eigenvalue weighted by molar-refractivity contribution is 7.86. The van der Waals surface area contributed by atoms with Crippen molar-refractivity contribution in [1.82, 2.24) is 0 Å². The number of quaternary nitrogens is 1. The van der Waals surface area contributed by atoms with Crippen molar-refractivity contribution in [2.45, 2.75) is 12.4 Å². The molecule has 1 fully saturated rings. The van der Waals surface area contributed by atoms with Crippen molar-refractivity contribution in [1.29, 1.82) is 0 Å². The van der Waals surface area contributed by atoms with Gasteiger partial charge in [0.15, 0.2) is 10.1 Å². The van der Waals surface area contributed by atoms with E-state index in [0.717, 1.165) is 13.2 Å². The number of morpholine rings is 1. The second-order valence-corrected chi connectivity index (χ2v) is 4.49. The molecule has 0 aromatic carbocycles. The van der Waals surface area contributed by atoms with Gasteiger partial charge in [0.2, 0.25) is 0 Å². The predicted molar refractivity (Wildman–Crippen MR) is 47.8 cm³/mol. The molecule has 1 N–H and O–H groups in total. The van der Waals surface area contributed by atoms with Gasteiger partial charge in [0, 0.05) is 0 Å². The SMILES string of the molecule is CC[NH+]1CCOCC1.O=S(=O)([O-])C(F)(F)F. The summed E-state index contributed by atoms with van der Waals surface area (Å²) in [5.41, 5.74) is -5.65. The fourth-order valence-corrected chi connectivity index (χ4v) is 1.01. The maximum atomic E-state index is 10.7. The van der Waals surface area contributed by atoms with E-state index in [1.165, 1.54) is 19.6 Å². The van der Waals surface area contributed by atoms with Crippen LogP contribution in [0.2, 0.25) is 0 Å². The molecular weight excluding hydrogens is 251 g/mol. The molecule has 1 heterocycles. The molecule has 0 bridgehead atoms. The predicted octanol–water partition coefficient (Wildman–Crippen LogP) is -1.03. The highest BCUT2D eigenvalue weighted by atomic mass is 32.2. The van der Waals surface area contributed by atoms with Crippen LogP contribution in [0.25, 0.3) is 0 Å². The zero-order chi connectivity index (χ0) is 12.8. The van der Waals surface area contributed by atoms with Gasteiger partial charge in [0.25, 0.3) is 0 Å². The third kappa shape index (κ3) is 6.26. The van der Waals surface area contributed by atoms with E-state index in [-0.39, 0.29) is 0 Å². The van der Waals surface area contributed by atoms with E-state index in [4.69, 9.17) is 17.7 Å². The summed E-state index contributed by atoms with van der Waals surface area (Å²) in [6.45, 7) is 7.81. The molecule has 0 atom stereocenters. The molecule has 1 rings (SSSR count). The van der Waals surface area contributed by atoms with Crippen LogP contribution in [-0.2, 0) is 14.9 Å². The molecule has 1 saturated heterocycles. The zero-order valence-corrected chi connectivity index (χ0v) is 9.53. The largest absolute Gasteiger partial charge is 0.741 e. The van der Waals surface area contributed by atoms with Crippen LogP contribution in [0.4, 0.5) is 13.2 Å². The lowest BCUT2D eigenvalue weighted by atomic mass is 10.4. The highest BCUT2D eigenvalue weighted by Gasteiger charge is 2.36. The first-order valence-corrected chi connectivity index (χ1v) is 6.02. The van der Waals surface area contributed by atoms with Gasteiger partial charge in [0.05, 0.1) is 19.8 Å². The molecule has 0 spiro atoms. The Bertz CT molecular complexity index is 284. The molecule has 0 aromatic heterocycles. The van der Waals surface area contributed by atoms with Gasteiger partial charge < -0.3 is 14.2 Å². The van der Waals surface area contributed by atoms with Crippen LogP contribution in [0.1, 0.15) is 6.92 Å². The average Bonchev–Trinajstić information content (AvgIpc) is 2.17. The summed E-state index contributed by atoms with van der Waals surface area (Å²) >= 11 is 0. The van der Waals surface area contributed by atoms with E-state index in [1.54, 1.807) is 4.90 Å². The van der Waals surface area contributed by atoms with E-state index < -0.39 is 15.6 Å². The summed E-state index contributed by atoms with van der Waals surface area (Å²) in [5, 5.41) is 0. The van der Waals surface area contributed by atoms with Crippen molar-refractivity contribution < 1.29 is 35.8 Å². The lowest BCUT2D eigenvalue weighted by molar-refractivity contribution is -0.906. The Kier molecular flexibility index (Phi) is 6.23. The molecule has 0 radical (unpaired) electrons. The maximum Gasteiger partial charge on any atom is 0.485 e. The second kappa shape index (κ2) is 6.38. The standard InChI is InChI=1S/C6H13NO.CHF3O3S/c1-2-7-3-5-8-6-4-7;2-1(3,4)8(5,6)7/h2-6H2,1H3;(H,5,6,7). The minimum Gasteiger partial charge on any atom is -0.741 e. The van der Waals surface area contributed by atoms with Crippen LogP contribution in [0, 0.1) is 0 Å². The number of likely N-dealkylation sites (N-methyl/N-ethyl adjacent to an activating group) is 1. The van der Waals surface area contributed by atoms with Crippen molar-refractivity contribution in [3.05, 3.63) is 0 Å². The average molecular weight is 265 g/mol. The summed E-state index contributed by atoms with van der Waals surface area (Å²) in [5.74, 6) is 0. The minimum atomic E-state index is -6.09. The molecule has 0 amide bonds. The molecule has 0 unspecified atom stereocenters. The Morgan fingerprint density at radius 3 is 1.88 bits per heavy atom. The summed E-state index contributed by atoms with van der Waals surface area (Å²) in [7, 11) is -6.09. The Labute approximate surface area is 91.9 Å². The maximum absolute atomic E-state index is 10.7. The lowest BCUT2D eigenvalue weighted by Gasteiger charge is -2.21. The van der Waals surface area contributed by atoms with Crippen molar-refractivity contribution in [2.75, 3.05) is 32.8 Å². The molecule has 1 aliphatic rings. The van der Waals surface area contributed by atoms with Crippen LogP contribution in [-0.4, -0.2) is 51.3 Å². The van der Waals surface area contributed by atoms with Gasteiger partial charge in [-0.1, -0.05) is 0 Å². The number of alkyl halides is 3. The molecule has 98 valence electrons. The molecule has 0 aromatic rings. The van der Waals surface area contributed by atoms with Gasteiger partial charge in [-0.2, -0.15) is 13.2 Å². The number of hydrogen-bond donors (Lipinski definition) is 1. The first-order valence-electron chi connectivity index (χ1n) is 4.62. The van der Waals surface area contributed by atoms with Crippen LogP contribution in [0.5, 0.6) is 0 Å². The van der Waals surface area contributed by atoms with Crippen LogP contribution in [0.3, 0.4) is 0 Å². The minimum absolute atomic E-state index is 0.961. The van der Waals surface area contributed by atoms with Crippen LogP contribution in [0.15, 0.2) is 0 Å². The van der Waals surface area contributed by atoms with Crippen molar-refractivity contribution in [3.63, 3.8) is 0 Å². The molecule has 0 saturated carbocycles. The first-order chi connectivity index (χ1) is 7.18. The number of halogens is 3. The van der Waals surface area contributed by atoms with Crippen LogP contribution < -0.4 is 4.90 Å². The number of rotatable bonds is 1. The summed E-state index contributed by atoms with van der Waals surface area (Å²) in [4.78, 5) is 1.68. The first kappa shape index (κ1) is 15.6. The number of hydrogen-bond acceptors (Lipinski definition) is 4. The Hall–Kier alpha value is -0.380. The van der Waals surface area contributed by atoms with E-state index in [2.05, 4.69) is 6.92 Å². The van der Waals surface area contributed by atoms with E-state index in [0.29, 0.717) is 0 Å². The highest BCUT2D eigenvalue weighted by Crippen LogP contribution is 2.20. The summed E-state index contributed by atoms with van der Waals surface area (Å²) < 4.78 is 64.1.